The van der Waals surface area contributed by atoms with Crippen molar-refractivity contribution in [2.45, 2.75) is 31.4 Å². The number of nitrogens with zero attached hydrogens (tertiary/aromatic N) is 2. The Bertz CT molecular complexity index is 880. The Hall–Kier alpha value is -2.27. The SMILES string of the molecule is Cc1ccc(C(c2ccc(Br)cc2)N2CCN(C(=O)OC(C(F)(F)F)C(F)(F)F)CC2)cc1. The molecule has 1 aliphatic heterocycles. The first-order valence-corrected chi connectivity index (χ1v) is 10.8. The van der Waals surface area contributed by atoms with Crippen molar-refractivity contribution in [3.05, 3.63) is 69.7 Å². The second-order valence-electron chi connectivity index (χ2n) is 7.73. The standard InChI is InChI=1S/C22H21BrF6N2O2/c1-14-2-4-15(5-3-14)18(16-6-8-17(23)9-7-16)30-10-12-31(13-11-30)20(32)33-19(21(24,25)26)22(27,28)29/h2-9,18-19H,10-13H2,1H3. The highest BCUT2D eigenvalue weighted by Gasteiger charge is 2.60. The summed E-state index contributed by atoms with van der Waals surface area (Å²) in [6, 6.07) is 15.3. The minimum absolute atomic E-state index is 0.0693. The van der Waals surface area contributed by atoms with Crippen molar-refractivity contribution in [2.75, 3.05) is 26.2 Å². The summed E-state index contributed by atoms with van der Waals surface area (Å²) in [4.78, 5) is 15.0. The molecule has 180 valence electrons. The third kappa shape index (κ3) is 6.41. The number of aryl methyl sites for hydroxylation is 1. The number of hydrogen-bond donors (Lipinski definition) is 0. The molecule has 1 fully saturated rings. The van der Waals surface area contributed by atoms with Crippen LogP contribution in [0.5, 0.6) is 0 Å². The number of hydrogen-bond acceptors (Lipinski definition) is 3. The van der Waals surface area contributed by atoms with Crippen molar-refractivity contribution < 1.29 is 35.9 Å². The zero-order chi connectivity index (χ0) is 24.4. The van der Waals surface area contributed by atoms with E-state index in [0.717, 1.165) is 26.1 Å². The van der Waals surface area contributed by atoms with Crippen molar-refractivity contribution in [1.29, 1.82) is 0 Å². The Labute approximate surface area is 195 Å². The Morgan fingerprint density at radius 3 is 1.76 bits per heavy atom. The number of carbonyl (C=O) groups excluding carboxylic acids is 1. The average molecular weight is 539 g/mol. The molecular formula is C22H21BrF6N2O2. The molecule has 3 rings (SSSR count). The van der Waals surface area contributed by atoms with E-state index in [4.69, 9.17) is 0 Å². The zero-order valence-electron chi connectivity index (χ0n) is 17.5. The minimum Gasteiger partial charge on any atom is -0.426 e. The van der Waals surface area contributed by atoms with E-state index in [1.54, 1.807) is 0 Å². The van der Waals surface area contributed by atoms with Gasteiger partial charge in [-0.05, 0) is 30.2 Å². The summed E-state index contributed by atoms with van der Waals surface area (Å²) in [5.74, 6) is 0. The van der Waals surface area contributed by atoms with Crippen LogP contribution in [0, 0.1) is 6.92 Å². The maximum atomic E-state index is 12.7. The molecule has 0 saturated carbocycles. The molecule has 2 aromatic carbocycles. The molecule has 1 heterocycles. The van der Waals surface area contributed by atoms with Crippen molar-refractivity contribution in [1.82, 2.24) is 9.80 Å². The summed E-state index contributed by atoms with van der Waals surface area (Å²) >= 11 is 3.40. The quantitative estimate of drug-likeness (QED) is 0.441. The highest BCUT2D eigenvalue weighted by molar-refractivity contribution is 9.10. The number of benzene rings is 2. The molecule has 0 aliphatic carbocycles. The first-order chi connectivity index (χ1) is 15.4. The molecular weight excluding hydrogens is 518 g/mol. The first-order valence-electron chi connectivity index (χ1n) is 10.0. The van der Waals surface area contributed by atoms with Gasteiger partial charge in [-0.1, -0.05) is 57.9 Å². The van der Waals surface area contributed by atoms with E-state index in [1.807, 2.05) is 60.4 Å². The summed E-state index contributed by atoms with van der Waals surface area (Å²) in [6.07, 6.45) is -17.3. The largest absolute Gasteiger partial charge is 0.434 e. The molecule has 0 radical (unpaired) electrons. The van der Waals surface area contributed by atoms with E-state index in [9.17, 15) is 31.1 Å². The Kier molecular flexibility index (Phi) is 7.62. The summed E-state index contributed by atoms with van der Waals surface area (Å²) < 4.78 is 81.0. The second-order valence-corrected chi connectivity index (χ2v) is 8.65. The number of halogens is 7. The molecule has 2 aromatic rings. The van der Waals surface area contributed by atoms with Crippen LogP contribution >= 0.6 is 15.9 Å². The van der Waals surface area contributed by atoms with Crippen LogP contribution in [-0.2, 0) is 4.74 Å². The molecule has 33 heavy (non-hydrogen) atoms. The molecule has 4 nitrogen and oxygen atoms in total. The highest BCUT2D eigenvalue weighted by atomic mass is 79.9. The minimum atomic E-state index is -5.74. The topological polar surface area (TPSA) is 32.8 Å². The Morgan fingerprint density at radius 2 is 1.30 bits per heavy atom. The van der Waals surface area contributed by atoms with Gasteiger partial charge in [0.2, 0.25) is 0 Å². The van der Waals surface area contributed by atoms with Crippen molar-refractivity contribution in [2.24, 2.45) is 0 Å². The van der Waals surface area contributed by atoms with E-state index in [-0.39, 0.29) is 32.2 Å². The van der Waals surface area contributed by atoms with Gasteiger partial charge in [0.1, 0.15) is 0 Å². The maximum absolute atomic E-state index is 12.7. The monoisotopic (exact) mass is 538 g/mol. The molecule has 1 atom stereocenters. The average Bonchev–Trinajstić information content (AvgIpc) is 2.73. The zero-order valence-corrected chi connectivity index (χ0v) is 19.0. The lowest BCUT2D eigenvalue weighted by molar-refractivity contribution is -0.308. The van der Waals surface area contributed by atoms with E-state index >= 15 is 0 Å². The second kappa shape index (κ2) is 9.92. The van der Waals surface area contributed by atoms with Crippen molar-refractivity contribution in [3.8, 4) is 0 Å². The number of carbonyl (C=O) groups is 1. The molecule has 1 aliphatic rings. The highest BCUT2D eigenvalue weighted by Crippen LogP contribution is 2.36. The number of rotatable bonds is 4. The first kappa shape index (κ1) is 25.4. The Balaban J connectivity index is 1.74. The molecule has 0 bridgehead atoms. The molecule has 0 N–H and O–H groups in total. The fourth-order valence-corrected chi connectivity index (χ4v) is 3.93. The lowest BCUT2D eigenvalue weighted by Crippen LogP contribution is -2.53. The molecule has 1 unspecified atom stereocenters. The molecule has 1 amide bonds. The van der Waals surface area contributed by atoms with Crippen LogP contribution in [0.15, 0.2) is 53.0 Å². The van der Waals surface area contributed by atoms with E-state index in [1.165, 1.54) is 0 Å². The van der Waals surface area contributed by atoms with Gasteiger partial charge < -0.3 is 9.64 Å². The summed E-state index contributed by atoms with van der Waals surface area (Å²) in [5, 5.41) is 0. The number of alkyl halides is 6. The van der Waals surface area contributed by atoms with Crippen LogP contribution in [0.25, 0.3) is 0 Å². The van der Waals surface area contributed by atoms with Gasteiger partial charge in [-0.2, -0.15) is 26.3 Å². The van der Waals surface area contributed by atoms with Gasteiger partial charge in [0.25, 0.3) is 6.10 Å². The van der Waals surface area contributed by atoms with Crippen LogP contribution < -0.4 is 0 Å². The molecule has 0 spiro atoms. The smallest absolute Gasteiger partial charge is 0.426 e. The van der Waals surface area contributed by atoms with Gasteiger partial charge >= 0.3 is 18.4 Å². The van der Waals surface area contributed by atoms with Crippen LogP contribution in [0.1, 0.15) is 22.7 Å². The predicted molar refractivity (Wildman–Crippen MR) is 113 cm³/mol. The molecule has 0 aromatic heterocycles. The third-order valence-corrected chi connectivity index (χ3v) is 5.86. The lowest BCUT2D eigenvalue weighted by atomic mass is 9.95. The normalized spacial score (nSPS) is 16.7. The van der Waals surface area contributed by atoms with Crippen LogP contribution in [0.4, 0.5) is 31.1 Å². The van der Waals surface area contributed by atoms with E-state index in [2.05, 4.69) is 20.7 Å². The third-order valence-electron chi connectivity index (χ3n) is 5.33. The molecule has 1 saturated heterocycles. The molecule has 11 heteroatoms. The fourth-order valence-electron chi connectivity index (χ4n) is 3.67. The van der Waals surface area contributed by atoms with E-state index in [0.29, 0.717) is 0 Å². The van der Waals surface area contributed by atoms with Gasteiger partial charge in [0, 0.05) is 30.7 Å². The van der Waals surface area contributed by atoms with Gasteiger partial charge in [-0.25, -0.2) is 4.79 Å². The van der Waals surface area contributed by atoms with Gasteiger partial charge in [-0.3, -0.25) is 4.90 Å². The summed E-state index contributed by atoms with van der Waals surface area (Å²) in [5.41, 5.74) is 3.02. The van der Waals surface area contributed by atoms with Gasteiger partial charge in [0.05, 0.1) is 6.04 Å². The van der Waals surface area contributed by atoms with Crippen molar-refractivity contribution in [3.63, 3.8) is 0 Å². The summed E-state index contributed by atoms with van der Waals surface area (Å²) in [6.45, 7) is 2.30. The number of piperazine rings is 1. The number of amides is 1. The van der Waals surface area contributed by atoms with Crippen molar-refractivity contribution >= 4 is 22.0 Å². The fraction of sp³-hybridized carbons (Fsp3) is 0.409. The Morgan fingerprint density at radius 1 is 0.848 bits per heavy atom. The maximum Gasteiger partial charge on any atom is 0.434 e. The van der Waals surface area contributed by atoms with E-state index < -0.39 is 24.5 Å². The summed E-state index contributed by atoms with van der Waals surface area (Å²) in [7, 11) is 0. The van der Waals surface area contributed by atoms with Crippen LogP contribution in [-0.4, -0.2) is 60.5 Å². The van der Waals surface area contributed by atoms with Crippen LogP contribution in [0.2, 0.25) is 0 Å². The van der Waals surface area contributed by atoms with Gasteiger partial charge in [0.15, 0.2) is 0 Å². The van der Waals surface area contributed by atoms with Crippen LogP contribution in [0.3, 0.4) is 0 Å². The lowest BCUT2D eigenvalue weighted by Gasteiger charge is -2.39. The predicted octanol–water partition coefficient (Wildman–Crippen LogP) is 6.09. The number of ether oxygens (including phenoxy) is 1. The van der Waals surface area contributed by atoms with Gasteiger partial charge in [-0.15, -0.1) is 0 Å².